The van der Waals surface area contributed by atoms with E-state index in [0.29, 0.717) is 44.2 Å². The van der Waals surface area contributed by atoms with Crippen LogP contribution in [0, 0.1) is 0 Å². The number of carbonyl (C=O) groups is 2. The van der Waals surface area contributed by atoms with Crippen molar-refractivity contribution in [2.45, 2.75) is 69.4 Å². The monoisotopic (exact) mass is 547 g/mol. The summed E-state index contributed by atoms with van der Waals surface area (Å²) >= 11 is 0. The lowest BCUT2D eigenvalue weighted by Gasteiger charge is -2.36. The summed E-state index contributed by atoms with van der Waals surface area (Å²) in [4.78, 5) is 40.4. The van der Waals surface area contributed by atoms with Crippen LogP contribution in [0.2, 0.25) is 0 Å². The molecule has 0 N–H and O–H groups in total. The van der Waals surface area contributed by atoms with Crippen molar-refractivity contribution in [2.24, 2.45) is 5.16 Å². The molecule has 1 aromatic heterocycles. The molecule has 2 aromatic rings. The molecule has 40 heavy (non-hydrogen) atoms. The number of benzene rings is 1. The topological polar surface area (TPSA) is 110 Å². The van der Waals surface area contributed by atoms with Crippen LogP contribution in [-0.4, -0.2) is 70.0 Å². The number of amides is 2. The van der Waals surface area contributed by atoms with Gasteiger partial charge in [0, 0.05) is 19.5 Å². The average molecular weight is 548 g/mol. The van der Waals surface area contributed by atoms with E-state index < -0.39 is 17.1 Å². The van der Waals surface area contributed by atoms with Gasteiger partial charge in [-0.05, 0) is 45.6 Å². The van der Waals surface area contributed by atoms with Crippen LogP contribution in [0.3, 0.4) is 0 Å². The third-order valence-electron chi connectivity index (χ3n) is 7.56. The van der Waals surface area contributed by atoms with Gasteiger partial charge in [-0.25, -0.2) is 4.79 Å². The van der Waals surface area contributed by atoms with Gasteiger partial charge in [-0.1, -0.05) is 64.9 Å². The fraction of sp³-hybridized carbons (Fsp3) is 0.500. The van der Waals surface area contributed by atoms with Crippen LogP contribution in [0.25, 0.3) is 0 Å². The van der Waals surface area contributed by atoms with E-state index >= 15 is 0 Å². The minimum absolute atomic E-state index is 0.0503. The molecule has 1 aliphatic carbocycles. The van der Waals surface area contributed by atoms with Crippen LogP contribution in [0.15, 0.2) is 64.3 Å². The fourth-order valence-electron chi connectivity index (χ4n) is 5.67. The average Bonchev–Trinajstić information content (AvgIpc) is 3.61. The third kappa shape index (κ3) is 5.66. The molecule has 0 saturated carbocycles. The second kappa shape index (κ2) is 11.3. The molecule has 3 aliphatic rings. The lowest BCUT2D eigenvalue weighted by Crippen LogP contribution is -2.46. The molecule has 0 spiro atoms. The molecule has 3 atom stereocenters. The second-order valence-corrected chi connectivity index (χ2v) is 11.6. The van der Waals surface area contributed by atoms with Gasteiger partial charge < -0.3 is 23.9 Å². The van der Waals surface area contributed by atoms with Gasteiger partial charge in [-0.3, -0.25) is 4.79 Å². The molecular formula is C30H37N5O5. The summed E-state index contributed by atoms with van der Waals surface area (Å²) in [6.45, 7) is 6.94. The van der Waals surface area contributed by atoms with Crippen molar-refractivity contribution in [1.82, 2.24) is 19.9 Å². The normalized spacial score (nSPS) is 25.9. The highest BCUT2D eigenvalue weighted by molar-refractivity contribution is 5.98. The van der Waals surface area contributed by atoms with Gasteiger partial charge in [0.2, 0.25) is 11.8 Å². The van der Waals surface area contributed by atoms with E-state index in [1.54, 1.807) is 9.80 Å². The Kier molecular flexibility index (Phi) is 7.78. The number of likely N-dealkylation sites (tertiary alicyclic amines) is 2. The Hall–Kier alpha value is -3.95. The van der Waals surface area contributed by atoms with E-state index in [1.807, 2.05) is 75.4 Å². The highest BCUT2D eigenvalue weighted by Gasteiger charge is 2.47. The van der Waals surface area contributed by atoms with E-state index in [0.717, 1.165) is 24.1 Å². The SMILES string of the molecule is CON=C1C[C@@H](c2noc([C@H]3CCCN(C(=O)OC(C)(C)C)C3)n2)N(C(=O)C2(c3ccccc3)C=CC=CC2)C1. The van der Waals surface area contributed by atoms with Gasteiger partial charge >= 0.3 is 6.09 Å². The molecule has 2 aliphatic heterocycles. The molecule has 0 bridgehead atoms. The van der Waals surface area contributed by atoms with Crippen LogP contribution in [0.1, 0.15) is 75.7 Å². The first-order chi connectivity index (χ1) is 19.2. The molecule has 0 radical (unpaired) electrons. The zero-order valence-corrected chi connectivity index (χ0v) is 23.6. The number of allylic oxidation sites excluding steroid dienone is 3. The Morgan fingerprint density at radius 1 is 1.18 bits per heavy atom. The molecule has 3 heterocycles. The van der Waals surface area contributed by atoms with Crippen molar-refractivity contribution in [3.8, 4) is 0 Å². The molecule has 1 aromatic carbocycles. The Labute approximate surface area is 234 Å². The molecule has 5 rings (SSSR count). The lowest BCUT2D eigenvalue weighted by molar-refractivity contribution is -0.136. The Bertz CT molecular complexity index is 1310. The van der Waals surface area contributed by atoms with Crippen molar-refractivity contribution in [2.75, 3.05) is 26.7 Å². The predicted octanol–water partition coefficient (Wildman–Crippen LogP) is 4.91. The summed E-state index contributed by atoms with van der Waals surface area (Å²) < 4.78 is 11.3. The van der Waals surface area contributed by atoms with Crippen molar-refractivity contribution in [3.05, 3.63) is 71.9 Å². The first kappa shape index (κ1) is 27.6. The van der Waals surface area contributed by atoms with Crippen LogP contribution in [-0.2, 0) is 19.8 Å². The van der Waals surface area contributed by atoms with E-state index in [4.69, 9.17) is 19.1 Å². The number of hydrogen-bond acceptors (Lipinski definition) is 8. The number of nitrogens with zero attached hydrogens (tertiary/aromatic N) is 5. The summed E-state index contributed by atoms with van der Waals surface area (Å²) in [5.41, 5.74) is 0.247. The smallest absolute Gasteiger partial charge is 0.410 e. The minimum Gasteiger partial charge on any atom is -0.444 e. The zero-order chi connectivity index (χ0) is 28.3. The van der Waals surface area contributed by atoms with Gasteiger partial charge in [-0.2, -0.15) is 4.98 Å². The number of aromatic nitrogens is 2. The van der Waals surface area contributed by atoms with Gasteiger partial charge in [-0.15, -0.1) is 0 Å². The van der Waals surface area contributed by atoms with Crippen LogP contribution in [0.4, 0.5) is 4.79 Å². The molecule has 2 amide bonds. The number of piperidine rings is 1. The Morgan fingerprint density at radius 2 is 1.98 bits per heavy atom. The van der Waals surface area contributed by atoms with Crippen LogP contribution in [0.5, 0.6) is 0 Å². The Morgan fingerprint density at radius 3 is 2.67 bits per heavy atom. The number of ether oxygens (including phenoxy) is 1. The van der Waals surface area contributed by atoms with Crippen molar-refractivity contribution in [3.63, 3.8) is 0 Å². The molecule has 10 nitrogen and oxygen atoms in total. The molecular weight excluding hydrogens is 510 g/mol. The minimum atomic E-state index is -0.847. The zero-order valence-electron chi connectivity index (χ0n) is 23.6. The lowest BCUT2D eigenvalue weighted by atomic mass is 9.74. The highest BCUT2D eigenvalue weighted by Crippen LogP contribution is 2.40. The molecule has 2 fully saturated rings. The predicted molar refractivity (Wildman–Crippen MR) is 149 cm³/mol. The fourth-order valence-corrected chi connectivity index (χ4v) is 5.67. The first-order valence-electron chi connectivity index (χ1n) is 13.8. The quantitative estimate of drug-likeness (QED) is 0.489. The molecule has 10 heteroatoms. The van der Waals surface area contributed by atoms with Crippen molar-refractivity contribution >= 4 is 17.7 Å². The number of carbonyl (C=O) groups excluding carboxylic acids is 2. The van der Waals surface area contributed by atoms with E-state index in [9.17, 15) is 9.59 Å². The largest absolute Gasteiger partial charge is 0.444 e. The maximum absolute atomic E-state index is 14.4. The standard InChI is InChI=1S/C30H37N5O5/c1-29(2,3)39-28(37)34-17-11-12-21(19-34)26-31-25(33-40-26)24-18-23(32-38-4)20-35(24)27(36)30(15-9-6-10-16-30)22-13-7-5-8-14-22/h5-10,13-15,21,24H,11-12,16-20H2,1-4H3/t21-,24-,30?/m0/s1. The van der Waals surface area contributed by atoms with Crippen LogP contribution < -0.4 is 0 Å². The molecule has 212 valence electrons. The van der Waals surface area contributed by atoms with Crippen LogP contribution >= 0.6 is 0 Å². The highest BCUT2D eigenvalue weighted by atomic mass is 16.6. The van der Waals surface area contributed by atoms with Gasteiger partial charge in [0.1, 0.15) is 18.8 Å². The first-order valence-corrected chi connectivity index (χ1v) is 13.8. The molecule has 2 saturated heterocycles. The maximum atomic E-state index is 14.4. The second-order valence-electron chi connectivity index (χ2n) is 11.6. The van der Waals surface area contributed by atoms with Gasteiger partial charge in [0.25, 0.3) is 0 Å². The van der Waals surface area contributed by atoms with E-state index in [1.165, 1.54) is 7.11 Å². The number of hydrogen-bond donors (Lipinski definition) is 0. The summed E-state index contributed by atoms with van der Waals surface area (Å²) in [7, 11) is 1.50. The Balaban J connectivity index is 1.40. The number of oxime groups is 1. The van der Waals surface area contributed by atoms with E-state index in [2.05, 4.69) is 10.3 Å². The third-order valence-corrected chi connectivity index (χ3v) is 7.56. The summed E-state index contributed by atoms with van der Waals surface area (Å²) in [6.07, 6.45) is 10.2. The maximum Gasteiger partial charge on any atom is 0.410 e. The summed E-state index contributed by atoms with van der Waals surface area (Å²) in [6, 6.07) is 9.37. The summed E-state index contributed by atoms with van der Waals surface area (Å²) in [5, 5.41) is 8.50. The summed E-state index contributed by atoms with van der Waals surface area (Å²) in [5.74, 6) is 0.733. The van der Waals surface area contributed by atoms with Crippen molar-refractivity contribution in [1.29, 1.82) is 0 Å². The molecule has 1 unspecified atom stereocenters. The van der Waals surface area contributed by atoms with Gasteiger partial charge in [0.15, 0.2) is 5.82 Å². The van der Waals surface area contributed by atoms with Gasteiger partial charge in [0.05, 0.1) is 23.6 Å². The number of rotatable bonds is 5. The van der Waals surface area contributed by atoms with Crippen molar-refractivity contribution < 1.29 is 23.7 Å². The van der Waals surface area contributed by atoms with E-state index in [-0.39, 0.29) is 17.9 Å².